The second-order valence-corrected chi connectivity index (χ2v) is 6.11. The molecule has 4 heteroatoms. The Labute approximate surface area is 152 Å². The SMILES string of the molecule is N#CCCCCCOCCCc1ccccc1OCCCCCC#N. The summed E-state index contributed by atoms with van der Waals surface area (Å²) in [7, 11) is 0. The molecule has 1 rings (SSSR count). The van der Waals surface area contributed by atoms with Crippen molar-refractivity contribution in [3.8, 4) is 17.9 Å². The van der Waals surface area contributed by atoms with Crippen LogP contribution in [0.1, 0.15) is 63.4 Å². The Morgan fingerprint density at radius 1 is 0.720 bits per heavy atom. The summed E-state index contributed by atoms with van der Waals surface area (Å²) in [6.45, 7) is 2.26. The second-order valence-electron chi connectivity index (χ2n) is 6.11. The monoisotopic (exact) mass is 342 g/mol. The summed E-state index contributed by atoms with van der Waals surface area (Å²) in [5, 5.41) is 17.0. The van der Waals surface area contributed by atoms with Crippen molar-refractivity contribution in [2.45, 2.75) is 64.2 Å². The lowest BCUT2D eigenvalue weighted by molar-refractivity contribution is 0.127. The number of hydrogen-bond donors (Lipinski definition) is 0. The molecule has 0 aliphatic carbocycles. The smallest absolute Gasteiger partial charge is 0.122 e. The molecule has 4 nitrogen and oxygen atoms in total. The molecule has 0 saturated carbocycles. The third kappa shape index (κ3) is 11.2. The fourth-order valence-corrected chi connectivity index (χ4v) is 2.57. The Kier molecular flexibility index (Phi) is 13.0. The molecule has 25 heavy (non-hydrogen) atoms. The fourth-order valence-electron chi connectivity index (χ4n) is 2.57. The van der Waals surface area contributed by atoms with E-state index < -0.39 is 0 Å². The van der Waals surface area contributed by atoms with Gasteiger partial charge in [-0.15, -0.1) is 0 Å². The molecule has 0 aliphatic heterocycles. The van der Waals surface area contributed by atoms with E-state index >= 15 is 0 Å². The number of aryl methyl sites for hydroxylation is 1. The zero-order chi connectivity index (χ0) is 18.0. The minimum absolute atomic E-state index is 0.634. The van der Waals surface area contributed by atoms with E-state index in [1.165, 1.54) is 5.56 Å². The second kappa shape index (κ2) is 15.5. The van der Waals surface area contributed by atoms with Crippen LogP contribution >= 0.6 is 0 Å². The summed E-state index contributed by atoms with van der Waals surface area (Å²) >= 11 is 0. The molecule has 0 atom stereocenters. The number of hydrogen-bond acceptors (Lipinski definition) is 4. The van der Waals surface area contributed by atoms with Gasteiger partial charge in [-0.05, 0) is 56.6 Å². The van der Waals surface area contributed by atoms with Crippen LogP contribution in [0, 0.1) is 22.7 Å². The van der Waals surface area contributed by atoms with Crippen LogP contribution in [0.5, 0.6) is 5.75 Å². The van der Waals surface area contributed by atoms with Crippen LogP contribution in [0.25, 0.3) is 0 Å². The average Bonchev–Trinajstić information content (AvgIpc) is 2.64. The van der Waals surface area contributed by atoms with E-state index in [9.17, 15) is 0 Å². The number of benzene rings is 1. The van der Waals surface area contributed by atoms with Crippen LogP contribution in [-0.4, -0.2) is 19.8 Å². The fraction of sp³-hybridized carbons (Fsp3) is 0.619. The minimum Gasteiger partial charge on any atom is -0.493 e. The topological polar surface area (TPSA) is 66.0 Å². The molecule has 136 valence electrons. The average molecular weight is 342 g/mol. The number of nitrogens with zero attached hydrogens (tertiary/aromatic N) is 2. The highest BCUT2D eigenvalue weighted by Crippen LogP contribution is 2.20. The Morgan fingerprint density at radius 2 is 1.36 bits per heavy atom. The standard InChI is InChI=1S/C21H30N2O2/c22-15-7-1-3-9-17-24-18-11-13-20-12-5-6-14-21(20)25-19-10-4-2-8-16-23/h5-6,12,14H,1-4,7-11,13,17-19H2. The molecule has 1 aromatic carbocycles. The first-order chi connectivity index (χ1) is 12.4. The van der Waals surface area contributed by atoms with Gasteiger partial charge in [-0.2, -0.15) is 10.5 Å². The van der Waals surface area contributed by atoms with Gasteiger partial charge in [0.1, 0.15) is 5.75 Å². The van der Waals surface area contributed by atoms with Gasteiger partial charge in [0.2, 0.25) is 0 Å². The third-order valence-corrected chi connectivity index (χ3v) is 3.98. The summed E-state index contributed by atoms with van der Waals surface area (Å²) in [5.41, 5.74) is 1.23. The van der Waals surface area contributed by atoms with E-state index in [-0.39, 0.29) is 0 Å². The maximum atomic E-state index is 8.52. The van der Waals surface area contributed by atoms with Crippen LogP contribution in [-0.2, 0) is 11.2 Å². The van der Waals surface area contributed by atoms with Crippen LogP contribution < -0.4 is 4.74 Å². The van der Waals surface area contributed by atoms with Crippen LogP contribution in [0.3, 0.4) is 0 Å². The summed E-state index contributed by atoms with van der Waals surface area (Å²) in [6.07, 6.45) is 9.29. The minimum atomic E-state index is 0.634. The first kappa shape index (κ1) is 21.0. The zero-order valence-electron chi connectivity index (χ0n) is 15.2. The van der Waals surface area contributed by atoms with Crippen molar-refractivity contribution < 1.29 is 9.47 Å². The van der Waals surface area contributed by atoms with E-state index in [1.54, 1.807) is 0 Å². The molecular weight excluding hydrogens is 312 g/mol. The molecule has 0 aliphatic rings. The lowest BCUT2D eigenvalue weighted by Crippen LogP contribution is -2.02. The van der Waals surface area contributed by atoms with Crippen LogP contribution in [0.2, 0.25) is 0 Å². The summed E-state index contributed by atoms with van der Waals surface area (Å²) in [5.74, 6) is 0.972. The van der Waals surface area contributed by atoms with E-state index in [1.807, 2.05) is 18.2 Å². The van der Waals surface area contributed by atoms with Gasteiger partial charge in [0.05, 0.1) is 18.7 Å². The zero-order valence-corrected chi connectivity index (χ0v) is 15.2. The first-order valence-electron chi connectivity index (χ1n) is 9.41. The largest absolute Gasteiger partial charge is 0.493 e. The summed E-state index contributed by atoms with van der Waals surface area (Å²) in [6, 6.07) is 12.5. The predicted molar refractivity (Wildman–Crippen MR) is 99.2 cm³/mol. The van der Waals surface area contributed by atoms with Crippen molar-refractivity contribution >= 4 is 0 Å². The van der Waals surface area contributed by atoms with Gasteiger partial charge in [-0.1, -0.05) is 24.6 Å². The van der Waals surface area contributed by atoms with Crippen molar-refractivity contribution in [3.05, 3.63) is 29.8 Å². The molecule has 0 spiro atoms. The van der Waals surface area contributed by atoms with Gasteiger partial charge in [0.15, 0.2) is 0 Å². The maximum Gasteiger partial charge on any atom is 0.122 e. The van der Waals surface area contributed by atoms with E-state index in [2.05, 4.69) is 18.2 Å². The normalized spacial score (nSPS) is 10.2. The Balaban J connectivity index is 2.13. The lowest BCUT2D eigenvalue weighted by atomic mass is 10.1. The predicted octanol–water partition coefficient (Wildman–Crippen LogP) is 5.18. The molecule has 0 heterocycles. The maximum absolute atomic E-state index is 8.52. The molecule has 0 unspecified atom stereocenters. The number of unbranched alkanes of at least 4 members (excludes halogenated alkanes) is 6. The quantitative estimate of drug-likeness (QED) is 0.412. The highest BCUT2D eigenvalue weighted by molar-refractivity contribution is 5.33. The third-order valence-electron chi connectivity index (χ3n) is 3.98. The van der Waals surface area contributed by atoms with Crippen molar-refractivity contribution in [3.63, 3.8) is 0 Å². The first-order valence-corrected chi connectivity index (χ1v) is 9.41. The highest BCUT2D eigenvalue weighted by atomic mass is 16.5. The number of para-hydroxylation sites is 1. The van der Waals surface area contributed by atoms with Gasteiger partial charge in [0.25, 0.3) is 0 Å². The summed E-state index contributed by atoms with van der Waals surface area (Å²) < 4.78 is 11.6. The lowest BCUT2D eigenvalue weighted by Gasteiger charge is -2.11. The summed E-state index contributed by atoms with van der Waals surface area (Å²) in [4.78, 5) is 0. The van der Waals surface area contributed by atoms with Gasteiger partial charge in [-0.25, -0.2) is 0 Å². The highest BCUT2D eigenvalue weighted by Gasteiger charge is 2.03. The molecule has 0 saturated heterocycles. The molecule has 0 N–H and O–H groups in total. The van der Waals surface area contributed by atoms with Crippen molar-refractivity contribution in [2.75, 3.05) is 19.8 Å². The number of rotatable bonds is 15. The van der Waals surface area contributed by atoms with Gasteiger partial charge < -0.3 is 9.47 Å². The molecule has 0 amide bonds. The molecule has 0 aromatic heterocycles. The van der Waals surface area contributed by atoms with Crippen molar-refractivity contribution in [2.24, 2.45) is 0 Å². The Morgan fingerprint density at radius 3 is 2.08 bits per heavy atom. The molecule has 0 bridgehead atoms. The Hall–Kier alpha value is -2.04. The van der Waals surface area contributed by atoms with Crippen molar-refractivity contribution in [1.29, 1.82) is 10.5 Å². The van der Waals surface area contributed by atoms with Gasteiger partial charge >= 0.3 is 0 Å². The number of nitriles is 2. The van der Waals surface area contributed by atoms with Crippen LogP contribution in [0.4, 0.5) is 0 Å². The molecule has 1 aromatic rings. The van der Waals surface area contributed by atoms with E-state index in [0.29, 0.717) is 19.4 Å². The van der Waals surface area contributed by atoms with E-state index in [0.717, 1.165) is 70.3 Å². The van der Waals surface area contributed by atoms with Gasteiger partial charge in [0, 0.05) is 26.1 Å². The Bertz CT molecular complexity index is 531. The van der Waals surface area contributed by atoms with Crippen molar-refractivity contribution in [1.82, 2.24) is 0 Å². The van der Waals surface area contributed by atoms with E-state index in [4.69, 9.17) is 20.0 Å². The van der Waals surface area contributed by atoms with Crippen LogP contribution in [0.15, 0.2) is 24.3 Å². The van der Waals surface area contributed by atoms with Gasteiger partial charge in [-0.3, -0.25) is 0 Å². The molecular formula is C21H30N2O2. The number of ether oxygens (including phenoxy) is 2. The molecule has 0 radical (unpaired) electrons. The molecule has 0 fully saturated rings.